The van der Waals surface area contributed by atoms with Crippen LogP contribution in [0.2, 0.25) is 0 Å². The fourth-order valence-corrected chi connectivity index (χ4v) is 1.74. The van der Waals surface area contributed by atoms with Gasteiger partial charge < -0.3 is 15.2 Å². The van der Waals surface area contributed by atoms with Gasteiger partial charge in [0.2, 0.25) is 0 Å². The molecule has 0 aromatic heterocycles. The van der Waals surface area contributed by atoms with Gasteiger partial charge in [-0.2, -0.15) is 0 Å². The van der Waals surface area contributed by atoms with Crippen LogP contribution in [-0.2, 0) is 0 Å². The maximum atomic E-state index is 12.1. The summed E-state index contributed by atoms with van der Waals surface area (Å²) in [5.74, 6) is 0.402. The maximum absolute atomic E-state index is 12.1. The third kappa shape index (κ3) is 2.85. The van der Waals surface area contributed by atoms with Gasteiger partial charge in [0.15, 0.2) is 0 Å². The zero-order valence-electron chi connectivity index (χ0n) is 10.8. The van der Waals surface area contributed by atoms with Gasteiger partial charge >= 0.3 is 0 Å². The first-order chi connectivity index (χ1) is 9.11. The fourth-order valence-electron chi connectivity index (χ4n) is 1.74. The predicted octanol–water partition coefficient (Wildman–Crippen LogP) is 2.96. The Morgan fingerprint density at radius 1 is 1.21 bits per heavy atom. The van der Waals surface area contributed by atoms with Gasteiger partial charge in [0.25, 0.3) is 5.91 Å². The first-order valence-electron chi connectivity index (χ1n) is 5.86. The van der Waals surface area contributed by atoms with E-state index in [9.17, 15) is 9.90 Å². The highest BCUT2D eigenvalue weighted by Crippen LogP contribution is 2.24. The Morgan fingerprint density at radius 2 is 1.95 bits per heavy atom. The van der Waals surface area contributed by atoms with Gasteiger partial charge in [0, 0.05) is 5.56 Å². The van der Waals surface area contributed by atoms with Crippen LogP contribution in [0.5, 0.6) is 11.5 Å². The molecular formula is C15H15NO3. The Kier molecular flexibility index (Phi) is 3.71. The summed E-state index contributed by atoms with van der Waals surface area (Å²) in [6.45, 7) is 1.91. The molecule has 2 N–H and O–H groups in total. The van der Waals surface area contributed by atoms with E-state index in [1.165, 1.54) is 6.07 Å². The van der Waals surface area contributed by atoms with Crippen LogP contribution in [-0.4, -0.2) is 18.1 Å². The largest absolute Gasteiger partial charge is 0.506 e. The number of hydrogen-bond donors (Lipinski definition) is 2. The molecule has 0 heterocycles. The monoisotopic (exact) mass is 257 g/mol. The molecule has 98 valence electrons. The quantitative estimate of drug-likeness (QED) is 0.831. The first-order valence-corrected chi connectivity index (χ1v) is 5.86. The molecule has 1 amide bonds. The van der Waals surface area contributed by atoms with Crippen molar-refractivity contribution in [1.82, 2.24) is 0 Å². The SMILES string of the molecule is COc1cc(C(=O)Nc2ccccc2O)ccc1C. The number of carbonyl (C=O) groups is 1. The Morgan fingerprint density at radius 3 is 2.63 bits per heavy atom. The van der Waals surface area contributed by atoms with Crippen molar-refractivity contribution in [3.05, 3.63) is 53.6 Å². The molecule has 0 fully saturated rings. The molecule has 0 radical (unpaired) electrons. The molecule has 0 bridgehead atoms. The minimum atomic E-state index is -0.292. The number of anilines is 1. The van der Waals surface area contributed by atoms with Crippen LogP contribution >= 0.6 is 0 Å². The van der Waals surface area contributed by atoms with Crippen LogP contribution in [0.15, 0.2) is 42.5 Å². The lowest BCUT2D eigenvalue weighted by atomic mass is 10.1. The highest BCUT2D eigenvalue weighted by atomic mass is 16.5. The van der Waals surface area contributed by atoms with Gasteiger partial charge in [0.1, 0.15) is 11.5 Å². The Labute approximate surface area is 111 Å². The number of rotatable bonds is 3. The molecule has 0 aliphatic carbocycles. The highest BCUT2D eigenvalue weighted by molar-refractivity contribution is 6.05. The van der Waals surface area contributed by atoms with Crippen molar-refractivity contribution in [3.63, 3.8) is 0 Å². The Balaban J connectivity index is 2.23. The van der Waals surface area contributed by atoms with Crippen LogP contribution in [0.3, 0.4) is 0 Å². The predicted molar refractivity (Wildman–Crippen MR) is 73.8 cm³/mol. The number of amides is 1. The van der Waals surface area contributed by atoms with Gasteiger partial charge in [-0.15, -0.1) is 0 Å². The molecule has 0 atom stereocenters. The van der Waals surface area contributed by atoms with Crippen LogP contribution in [0.25, 0.3) is 0 Å². The molecule has 0 saturated heterocycles. The number of phenols is 1. The molecule has 2 aromatic rings. The average Bonchev–Trinajstić information content (AvgIpc) is 2.42. The van der Waals surface area contributed by atoms with E-state index in [1.807, 2.05) is 13.0 Å². The van der Waals surface area contributed by atoms with E-state index in [0.717, 1.165) is 5.56 Å². The highest BCUT2D eigenvalue weighted by Gasteiger charge is 2.10. The molecule has 0 aliphatic heterocycles. The summed E-state index contributed by atoms with van der Waals surface area (Å²) >= 11 is 0. The lowest BCUT2D eigenvalue weighted by Gasteiger charge is -2.09. The number of aryl methyl sites for hydroxylation is 1. The van der Waals surface area contributed by atoms with Crippen molar-refractivity contribution in [2.24, 2.45) is 0 Å². The average molecular weight is 257 g/mol. The number of aromatic hydroxyl groups is 1. The van der Waals surface area contributed by atoms with Gasteiger partial charge in [0.05, 0.1) is 12.8 Å². The summed E-state index contributed by atoms with van der Waals surface area (Å²) in [5, 5.41) is 12.3. The fraction of sp³-hybridized carbons (Fsp3) is 0.133. The zero-order valence-corrected chi connectivity index (χ0v) is 10.8. The lowest BCUT2D eigenvalue weighted by Crippen LogP contribution is -2.12. The van der Waals surface area contributed by atoms with Crippen LogP contribution in [0.1, 0.15) is 15.9 Å². The Bertz CT molecular complexity index is 608. The summed E-state index contributed by atoms with van der Waals surface area (Å²) < 4.78 is 5.18. The van der Waals surface area contributed by atoms with E-state index in [0.29, 0.717) is 17.0 Å². The second kappa shape index (κ2) is 5.44. The van der Waals surface area contributed by atoms with E-state index < -0.39 is 0 Å². The Hall–Kier alpha value is -2.49. The minimum absolute atomic E-state index is 0.0370. The van der Waals surface area contributed by atoms with E-state index in [1.54, 1.807) is 37.4 Å². The smallest absolute Gasteiger partial charge is 0.255 e. The molecular weight excluding hydrogens is 242 g/mol. The summed E-state index contributed by atoms with van der Waals surface area (Å²) in [4.78, 5) is 12.1. The first kappa shape index (κ1) is 13.0. The molecule has 0 saturated carbocycles. The second-order valence-corrected chi connectivity index (χ2v) is 4.16. The number of benzene rings is 2. The molecule has 4 nitrogen and oxygen atoms in total. The van der Waals surface area contributed by atoms with E-state index in [4.69, 9.17) is 4.74 Å². The number of hydrogen-bond acceptors (Lipinski definition) is 3. The normalized spacial score (nSPS) is 10.0. The molecule has 0 spiro atoms. The third-order valence-corrected chi connectivity index (χ3v) is 2.82. The van der Waals surface area contributed by atoms with Gasteiger partial charge in [-0.25, -0.2) is 0 Å². The van der Waals surface area contributed by atoms with E-state index in [2.05, 4.69) is 5.32 Å². The van der Waals surface area contributed by atoms with E-state index in [-0.39, 0.29) is 11.7 Å². The van der Waals surface area contributed by atoms with Gasteiger partial charge in [-0.3, -0.25) is 4.79 Å². The summed E-state index contributed by atoms with van der Waals surface area (Å²) in [7, 11) is 1.56. The van der Waals surface area contributed by atoms with Crippen molar-refractivity contribution in [3.8, 4) is 11.5 Å². The van der Waals surface area contributed by atoms with Crippen LogP contribution in [0.4, 0.5) is 5.69 Å². The van der Waals surface area contributed by atoms with E-state index >= 15 is 0 Å². The standard InChI is InChI=1S/C15H15NO3/c1-10-7-8-11(9-14(10)19-2)15(18)16-12-5-3-4-6-13(12)17/h3-9,17H,1-2H3,(H,16,18). The summed E-state index contributed by atoms with van der Waals surface area (Å²) in [6, 6.07) is 11.8. The molecule has 0 aliphatic rings. The van der Waals surface area contributed by atoms with Crippen molar-refractivity contribution in [2.75, 3.05) is 12.4 Å². The maximum Gasteiger partial charge on any atom is 0.255 e. The van der Waals surface area contributed by atoms with Crippen molar-refractivity contribution < 1.29 is 14.6 Å². The zero-order chi connectivity index (χ0) is 13.8. The number of nitrogens with one attached hydrogen (secondary N) is 1. The lowest BCUT2D eigenvalue weighted by molar-refractivity contribution is 0.102. The molecule has 19 heavy (non-hydrogen) atoms. The van der Waals surface area contributed by atoms with Crippen molar-refractivity contribution in [1.29, 1.82) is 0 Å². The molecule has 2 aromatic carbocycles. The van der Waals surface area contributed by atoms with Gasteiger partial charge in [-0.05, 0) is 36.8 Å². The minimum Gasteiger partial charge on any atom is -0.506 e. The molecule has 4 heteroatoms. The summed E-state index contributed by atoms with van der Waals surface area (Å²) in [6.07, 6.45) is 0. The molecule has 0 unspecified atom stereocenters. The third-order valence-electron chi connectivity index (χ3n) is 2.82. The topological polar surface area (TPSA) is 58.6 Å². The number of ether oxygens (including phenoxy) is 1. The van der Waals surface area contributed by atoms with Crippen LogP contribution < -0.4 is 10.1 Å². The molecule has 2 rings (SSSR count). The number of carbonyl (C=O) groups excluding carboxylic acids is 1. The van der Waals surface area contributed by atoms with Gasteiger partial charge in [-0.1, -0.05) is 18.2 Å². The van der Waals surface area contributed by atoms with Crippen molar-refractivity contribution >= 4 is 11.6 Å². The second-order valence-electron chi connectivity index (χ2n) is 4.16. The van der Waals surface area contributed by atoms with Crippen LogP contribution in [0, 0.1) is 6.92 Å². The number of phenolic OH excluding ortho intramolecular Hbond substituents is 1. The number of methoxy groups -OCH3 is 1. The number of para-hydroxylation sites is 2. The summed E-state index contributed by atoms with van der Waals surface area (Å²) in [5.41, 5.74) is 1.82. The van der Waals surface area contributed by atoms with Crippen molar-refractivity contribution in [2.45, 2.75) is 6.92 Å².